The van der Waals surface area contributed by atoms with Gasteiger partial charge in [-0.15, -0.1) is 0 Å². The lowest BCUT2D eigenvalue weighted by atomic mass is 10.1. The molecule has 0 radical (unpaired) electrons. The maximum atomic E-state index is 11.7. The lowest BCUT2D eigenvalue weighted by Gasteiger charge is -2.13. The highest BCUT2D eigenvalue weighted by atomic mass is 32.2. The Bertz CT molecular complexity index is 342. The second kappa shape index (κ2) is 10.3. The van der Waals surface area contributed by atoms with Gasteiger partial charge in [0.1, 0.15) is 5.78 Å². The fourth-order valence-electron chi connectivity index (χ4n) is 1.80. The molecule has 2 N–H and O–H groups in total. The van der Waals surface area contributed by atoms with Crippen LogP contribution in [0.1, 0.15) is 52.4 Å². The van der Waals surface area contributed by atoms with Gasteiger partial charge < -0.3 is 5.32 Å². The lowest BCUT2D eigenvalue weighted by Crippen LogP contribution is -2.44. The zero-order valence-corrected chi connectivity index (χ0v) is 13.2. The van der Waals surface area contributed by atoms with E-state index in [2.05, 4.69) is 17.0 Å². The maximum absolute atomic E-state index is 11.7. The number of Topliss-reactive ketones (excluding diaryl/α,β-unsaturated/α-hetero) is 1. The average molecular weight is 292 g/mol. The molecule has 0 aromatic heterocycles. The van der Waals surface area contributed by atoms with Gasteiger partial charge in [0.2, 0.25) is 10.0 Å². The fraction of sp³-hybridized carbons (Fsp3) is 0.923. The summed E-state index contributed by atoms with van der Waals surface area (Å²) in [4.78, 5) is 11.2. The molecule has 6 heteroatoms. The third-order valence-corrected chi connectivity index (χ3v) is 4.55. The Labute approximate surface area is 117 Å². The fourth-order valence-corrected chi connectivity index (χ4v) is 2.95. The molecule has 0 aliphatic rings. The first kappa shape index (κ1) is 18.5. The summed E-state index contributed by atoms with van der Waals surface area (Å²) in [7, 11) is -1.61. The third kappa shape index (κ3) is 10.0. The molecule has 0 aromatic rings. The molecular weight excluding hydrogens is 264 g/mol. The van der Waals surface area contributed by atoms with Gasteiger partial charge in [0.15, 0.2) is 0 Å². The number of rotatable bonds is 12. The van der Waals surface area contributed by atoms with Gasteiger partial charge in [-0.3, -0.25) is 4.79 Å². The lowest BCUT2D eigenvalue weighted by molar-refractivity contribution is -0.118. The first-order valence-electron chi connectivity index (χ1n) is 7.08. The molecule has 0 aliphatic heterocycles. The Morgan fingerprint density at radius 3 is 2.21 bits per heavy atom. The van der Waals surface area contributed by atoms with Crippen molar-refractivity contribution in [1.29, 1.82) is 0 Å². The molecule has 0 heterocycles. The summed E-state index contributed by atoms with van der Waals surface area (Å²) in [6.45, 7) is 3.73. The van der Waals surface area contributed by atoms with Crippen molar-refractivity contribution < 1.29 is 13.2 Å². The Morgan fingerprint density at radius 2 is 1.68 bits per heavy atom. The van der Waals surface area contributed by atoms with Crippen LogP contribution in [0.2, 0.25) is 0 Å². The van der Waals surface area contributed by atoms with Crippen molar-refractivity contribution in [2.45, 2.75) is 58.4 Å². The van der Waals surface area contributed by atoms with Crippen molar-refractivity contribution in [2.24, 2.45) is 0 Å². The summed E-state index contributed by atoms with van der Waals surface area (Å²) in [5.74, 6) is 0.0813. The van der Waals surface area contributed by atoms with E-state index in [1.807, 2.05) is 0 Å². The monoisotopic (exact) mass is 292 g/mol. The molecule has 5 nitrogen and oxygen atoms in total. The van der Waals surface area contributed by atoms with Gasteiger partial charge in [-0.2, -0.15) is 0 Å². The zero-order chi connectivity index (χ0) is 14.7. The van der Waals surface area contributed by atoms with E-state index < -0.39 is 16.1 Å². The third-order valence-electron chi connectivity index (χ3n) is 3.11. The molecule has 0 unspecified atom stereocenters. The first-order chi connectivity index (χ1) is 8.93. The van der Waals surface area contributed by atoms with E-state index in [1.54, 1.807) is 7.05 Å². The standard InChI is InChI=1S/C13H28N2O3S/c1-4-5-6-7-8-9-10-19(17,18)15-11-13(14-3)12(2)16/h13-15H,4-11H2,1-3H3/t13-/m0/s1. The van der Waals surface area contributed by atoms with Crippen LogP contribution in [0, 0.1) is 0 Å². The van der Waals surface area contributed by atoms with Crippen molar-refractivity contribution in [3.8, 4) is 0 Å². The quantitative estimate of drug-likeness (QED) is 0.534. The van der Waals surface area contributed by atoms with Crippen LogP contribution >= 0.6 is 0 Å². The Hall–Kier alpha value is -0.460. The minimum atomic E-state index is -3.26. The van der Waals surface area contributed by atoms with Crippen molar-refractivity contribution in [2.75, 3.05) is 19.3 Å². The van der Waals surface area contributed by atoms with Crippen LogP contribution in [0.25, 0.3) is 0 Å². The van der Waals surface area contributed by atoms with Crippen molar-refractivity contribution in [3.63, 3.8) is 0 Å². The second-order valence-corrected chi connectivity index (χ2v) is 6.81. The van der Waals surface area contributed by atoms with Gasteiger partial charge >= 0.3 is 0 Å². The smallest absolute Gasteiger partial charge is 0.211 e. The van der Waals surface area contributed by atoms with Crippen LogP contribution in [0.15, 0.2) is 0 Å². The number of nitrogens with one attached hydrogen (secondary N) is 2. The van der Waals surface area contributed by atoms with Crippen LogP contribution in [-0.4, -0.2) is 39.6 Å². The molecule has 0 saturated heterocycles. The minimum absolute atomic E-state index is 0.0650. The van der Waals surface area contributed by atoms with E-state index in [0.717, 1.165) is 12.8 Å². The Balaban J connectivity index is 3.83. The highest BCUT2D eigenvalue weighted by molar-refractivity contribution is 7.89. The molecule has 0 spiro atoms. The average Bonchev–Trinajstić information content (AvgIpc) is 2.33. The summed E-state index contributed by atoms with van der Waals surface area (Å²) in [6.07, 6.45) is 6.31. The SMILES string of the molecule is CCCCCCCCS(=O)(=O)NC[C@H](NC)C(C)=O. The molecule has 1 atom stereocenters. The molecule has 0 saturated carbocycles. The highest BCUT2D eigenvalue weighted by Crippen LogP contribution is 2.05. The number of likely N-dealkylation sites (N-methyl/N-ethyl adjacent to an activating group) is 1. The number of carbonyl (C=O) groups excluding carboxylic acids is 1. The number of hydrogen-bond acceptors (Lipinski definition) is 4. The number of sulfonamides is 1. The number of hydrogen-bond donors (Lipinski definition) is 2. The number of unbranched alkanes of at least 4 members (excludes halogenated alkanes) is 5. The highest BCUT2D eigenvalue weighted by Gasteiger charge is 2.16. The van der Waals surface area contributed by atoms with E-state index in [4.69, 9.17) is 0 Å². The molecule has 114 valence electrons. The topological polar surface area (TPSA) is 75.3 Å². The van der Waals surface area contributed by atoms with Crippen LogP contribution in [0.3, 0.4) is 0 Å². The molecule has 0 rings (SSSR count). The summed E-state index contributed by atoms with van der Waals surface area (Å²) in [5.41, 5.74) is 0. The van der Waals surface area contributed by atoms with Gasteiger partial charge in [0, 0.05) is 6.54 Å². The largest absolute Gasteiger partial charge is 0.309 e. The van der Waals surface area contributed by atoms with E-state index >= 15 is 0 Å². The van der Waals surface area contributed by atoms with Crippen molar-refractivity contribution in [3.05, 3.63) is 0 Å². The predicted molar refractivity (Wildman–Crippen MR) is 78.7 cm³/mol. The normalized spacial score (nSPS) is 13.4. The molecule has 0 amide bonds. The van der Waals surface area contributed by atoms with Gasteiger partial charge in [-0.1, -0.05) is 39.0 Å². The van der Waals surface area contributed by atoms with Crippen LogP contribution in [-0.2, 0) is 14.8 Å². The maximum Gasteiger partial charge on any atom is 0.211 e. The molecule has 0 bridgehead atoms. The van der Waals surface area contributed by atoms with Crippen LogP contribution in [0.4, 0.5) is 0 Å². The van der Waals surface area contributed by atoms with E-state index in [9.17, 15) is 13.2 Å². The summed E-state index contributed by atoms with van der Waals surface area (Å²) >= 11 is 0. The van der Waals surface area contributed by atoms with Crippen molar-refractivity contribution >= 4 is 15.8 Å². The molecular formula is C13H28N2O3S. The van der Waals surface area contributed by atoms with E-state index in [1.165, 1.54) is 26.2 Å². The molecule has 0 fully saturated rings. The number of ketones is 1. The van der Waals surface area contributed by atoms with Gasteiger partial charge in [-0.05, 0) is 20.4 Å². The van der Waals surface area contributed by atoms with Gasteiger partial charge in [0.05, 0.1) is 11.8 Å². The Kier molecular flexibility index (Phi) is 10.1. The zero-order valence-electron chi connectivity index (χ0n) is 12.4. The summed E-state index contributed by atoms with van der Waals surface area (Å²) < 4.78 is 25.9. The van der Waals surface area contributed by atoms with E-state index in [0.29, 0.717) is 6.42 Å². The molecule has 0 aliphatic carbocycles. The number of carbonyl (C=O) groups is 1. The summed E-state index contributed by atoms with van der Waals surface area (Å²) in [5, 5.41) is 2.79. The first-order valence-corrected chi connectivity index (χ1v) is 8.73. The second-order valence-electron chi connectivity index (χ2n) is 4.89. The van der Waals surface area contributed by atoms with E-state index in [-0.39, 0.29) is 18.1 Å². The van der Waals surface area contributed by atoms with Crippen molar-refractivity contribution in [1.82, 2.24) is 10.0 Å². The summed E-state index contributed by atoms with van der Waals surface area (Å²) in [6, 6.07) is -0.445. The van der Waals surface area contributed by atoms with Gasteiger partial charge in [0.25, 0.3) is 0 Å². The van der Waals surface area contributed by atoms with Gasteiger partial charge in [-0.25, -0.2) is 13.1 Å². The minimum Gasteiger partial charge on any atom is -0.309 e. The van der Waals surface area contributed by atoms with Crippen LogP contribution in [0.5, 0.6) is 0 Å². The molecule has 0 aromatic carbocycles. The predicted octanol–water partition coefficient (Wildman–Crippen LogP) is 1.44. The van der Waals surface area contributed by atoms with Crippen LogP contribution < -0.4 is 10.0 Å². The Morgan fingerprint density at radius 1 is 1.11 bits per heavy atom. The molecule has 19 heavy (non-hydrogen) atoms.